The van der Waals surface area contributed by atoms with Crippen LogP contribution in [-0.4, -0.2) is 22.4 Å². The van der Waals surface area contributed by atoms with Gasteiger partial charge in [-0.3, -0.25) is 19.8 Å². The number of carbonyl (C=O) groups is 3. The van der Waals surface area contributed by atoms with Crippen LogP contribution in [0.1, 0.15) is 16.1 Å². The monoisotopic (exact) mass is 498 g/mol. The van der Waals surface area contributed by atoms with Gasteiger partial charge in [0, 0.05) is 27.7 Å². The molecule has 0 saturated heterocycles. The van der Waals surface area contributed by atoms with Crippen molar-refractivity contribution < 1.29 is 18.8 Å². The summed E-state index contributed by atoms with van der Waals surface area (Å²) in [6, 6.07) is 18.4. The molecule has 10 heteroatoms. The van der Waals surface area contributed by atoms with Gasteiger partial charge in [0.2, 0.25) is 0 Å². The fourth-order valence-electron chi connectivity index (χ4n) is 3.22. The first kappa shape index (κ1) is 23.3. The first-order chi connectivity index (χ1) is 16.3. The summed E-state index contributed by atoms with van der Waals surface area (Å²) < 4.78 is 14.4. The Bertz CT molecular complexity index is 1390. The van der Waals surface area contributed by atoms with E-state index in [0.29, 0.717) is 26.6 Å². The van der Waals surface area contributed by atoms with Crippen molar-refractivity contribution in [3.8, 4) is 0 Å². The lowest BCUT2D eigenvalue weighted by atomic mass is 10.2. The molecule has 1 heterocycles. The van der Waals surface area contributed by atoms with Gasteiger partial charge in [-0.2, -0.15) is 0 Å². The number of amides is 3. The van der Waals surface area contributed by atoms with E-state index in [0.717, 1.165) is 5.56 Å². The van der Waals surface area contributed by atoms with Crippen LogP contribution in [0.4, 0.5) is 10.1 Å². The lowest BCUT2D eigenvalue weighted by Gasteiger charge is -2.13. The number of hydrogen-bond acceptors (Lipinski definition) is 3. The molecule has 1 aromatic heterocycles. The molecule has 0 unspecified atom stereocenters. The molecule has 172 valence electrons. The van der Waals surface area contributed by atoms with Crippen LogP contribution in [0.15, 0.2) is 72.8 Å². The first-order valence-corrected chi connectivity index (χ1v) is 10.8. The number of anilines is 1. The standard InChI is InChI=1S/C24H17Cl2FN4O3/c25-16-3-1-14(2-4-16)13-28-23(33)24(34)30-31-20-10-5-17(26)11-15(20)12-21(31)22(32)29-19-8-6-18(27)7-9-19/h1-12H,13H2,(H,28,33)(H,29,32)(H,30,34). The highest BCUT2D eigenvalue weighted by molar-refractivity contribution is 6.38. The Labute approximate surface area is 203 Å². The van der Waals surface area contributed by atoms with Crippen molar-refractivity contribution in [1.29, 1.82) is 0 Å². The average molecular weight is 499 g/mol. The third-order valence-corrected chi connectivity index (χ3v) is 5.37. The molecule has 0 saturated carbocycles. The maximum atomic E-state index is 13.2. The molecular formula is C24H17Cl2FN4O3. The highest BCUT2D eigenvalue weighted by Gasteiger charge is 2.21. The Balaban J connectivity index is 1.55. The second kappa shape index (κ2) is 9.94. The van der Waals surface area contributed by atoms with Crippen molar-refractivity contribution in [2.24, 2.45) is 0 Å². The van der Waals surface area contributed by atoms with Gasteiger partial charge in [0.1, 0.15) is 11.5 Å². The minimum atomic E-state index is -0.975. The number of nitrogens with one attached hydrogen (secondary N) is 3. The predicted octanol–water partition coefficient (Wildman–Crippen LogP) is 4.73. The second-order valence-corrected chi connectivity index (χ2v) is 8.15. The number of hydrogen-bond donors (Lipinski definition) is 3. The lowest BCUT2D eigenvalue weighted by Crippen LogP contribution is -2.39. The van der Waals surface area contributed by atoms with Crippen LogP contribution in [0.25, 0.3) is 10.9 Å². The minimum Gasteiger partial charge on any atom is -0.344 e. The molecule has 4 rings (SSSR count). The van der Waals surface area contributed by atoms with Gasteiger partial charge in [-0.25, -0.2) is 9.07 Å². The number of nitrogens with zero attached hydrogens (tertiary/aromatic N) is 1. The van der Waals surface area contributed by atoms with Crippen LogP contribution >= 0.6 is 23.2 Å². The van der Waals surface area contributed by atoms with E-state index in [2.05, 4.69) is 16.1 Å². The Morgan fingerprint density at radius 1 is 0.824 bits per heavy atom. The molecule has 0 atom stereocenters. The summed E-state index contributed by atoms with van der Waals surface area (Å²) in [7, 11) is 0. The summed E-state index contributed by atoms with van der Waals surface area (Å²) in [4.78, 5) is 37.9. The molecule has 0 spiro atoms. The molecule has 0 aliphatic carbocycles. The van der Waals surface area contributed by atoms with Gasteiger partial charge in [0.15, 0.2) is 0 Å². The average Bonchev–Trinajstić information content (AvgIpc) is 3.17. The number of benzene rings is 3. The van der Waals surface area contributed by atoms with E-state index in [1.807, 2.05) is 0 Å². The third kappa shape index (κ3) is 5.36. The largest absolute Gasteiger partial charge is 0.344 e. The van der Waals surface area contributed by atoms with Crippen LogP contribution in [0.5, 0.6) is 0 Å². The van der Waals surface area contributed by atoms with Crippen molar-refractivity contribution in [2.75, 3.05) is 10.7 Å². The summed E-state index contributed by atoms with van der Waals surface area (Å²) in [6.45, 7) is 0.114. The zero-order valence-corrected chi connectivity index (χ0v) is 19.0. The number of aromatic nitrogens is 1. The molecule has 7 nitrogen and oxygen atoms in total. The number of fused-ring (bicyclic) bond motifs is 1. The molecule has 0 fully saturated rings. The Morgan fingerprint density at radius 2 is 1.50 bits per heavy atom. The SMILES string of the molecule is O=C(NCc1ccc(Cl)cc1)C(=O)Nn1c(C(=O)Nc2ccc(F)cc2)cc2cc(Cl)ccc21. The molecule has 3 amide bonds. The van der Waals surface area contributed by atoms with Gasteiger partial charge >= 0.3 is 11.8 Å². The van der Waals surface area contributed by atoms with Crippen LogP contribution in [0.2, 0.25) is 10.0 Å². The highest BCUT2D eigenvalue weighted by atomic mass is 35.5. The van der Waals surface area contributed by atoms with Gasteiger partial charge in [-0.05, 0) is 66.2 Å². The highest BCUT2D eigenvalue weighted by Crippen LogP contribution is 2.23. The van der Waals surface area contributed by atoms with Gasteiger partial charge in [-0.1, -0.05) is 35.3 Å². The Morgan fingerprint density at radius 3 is 2.21 bits per heavy atom. The summed E-state index contributed by atoms with van der Waals surface area (Å²) in [5.74, 6) is -2.90. The van der Waals surface area contributed by atoms with E-state index in [1.54, 1.807) is 42.5 Å². The molecule has 3 N–H and O–H groups in total. The van der Waals surface area contributed by atoms with E-state index in [9.17, 15) is 18.8 Å². The van der Waals surface area contributed by atoms with Crippen molar-refractivity contribution in [2.45, 2.75) is 6.54 Å². The van der Waals surface area contributed by atoms with E-state index >= 15 is 0 Å². The van der Waals surface area contributed by atoms with Crippen LogP contribution < -0.4 is 16.1 Å². The van der Waals surface area contributed by atoms with Gasteiger partial charge in [0.05, 0.1) is 5.52 Å². The molecule has 0 bridgehead atoms. The van der Waals surface area contributed by atoms with Crippen LogP contribution in [0.3, 0.4) is 0 Å². The molecule has 0 aliphatic rings. The fourth-order valence-corrected chi connectivity index (χ4v) is 3.53. The van der Waals surface area contributed by atoms with Gasteiger partial charge < -0.3 is 10.6 Å². The molecule has 0 aliphatic heterocycles. The van der Waals surface area contributed by atoms with Crippen molar-refractivity contribution in [1.82, 2.24) is 9.99 Å². The molecule has 4 aromatic rings. The maximum Gasteiger partial charge on any atom is 0.328 e. The fraction of sp³-hybridized carbons (Fsp3) is 0.0417. The Hall–Kier alpha value is -3.88. The van der Waals surface area contributed by atoms with E-state index < -0.39 is 23.5 Å². The quantitative estimate of drug-likeness (QED) is 0.347. The lowest BCUT2D eigenvalue weighted by molar-refractivity contribution is -0.136. The summed E-state index contributed by atoms with van der Waals surface area (Å²) in [5, 5.41) is 6.71. The first-order valence-electron chi connectivity index (χ1n) is 10.0. The normalized spacial score (nSPS) is 10.7. The van der Waals surface area contributed by atoms with E-state index in [1.165, 1.54) is 35.0 Å². The number of halogens is 3. The molecule has 3 aromatic carbocycles. The smallest absolute Gasteiger partial charge is 0.328 e. The second-order valence-electron chi connectivity index (χ2n) is 7.28. The maximum absolute atomic E-state index is 13.2. The van der Waals surface area contributed by atoms with Crippen LogP contribution in [0, 0.1) is 5.82 Å². The number of carbonyl (C=O) groups excluding carboxylic acids is 3. The summed E-state index contributed by atoms with van der Waals surface area (Å²) >= 11 is 11.9. The van der Waals surface area contributed by atoms with Crippen LogP contribution in [-0.2, 0) is 16.1 Å². The van der Waals surface area contributed by atoms with Crippen molar-refractivity contribution in [3.05, 3.63) is 99.9 Å². The zero-order chi connectivity index (χ0) is 24.2. The van der Waals surface area contributed by atoms with Gasteiger partial charge in [0.25, 0.3) is 5.91 Å². The predicted molar refractivity (Wildman–Crippen MR) is 129 cm³/mol. The Kier molecular flexibility index (Phi) is 6.81. The van der Waals surface area contributed by atoms with E-state index in [4.69, 9.17) is 23.2 Å². The van der Waals surface area contributed by atoms with Crippen molar-refractivity contribution >= 4 is 57.5 Å². The van der Waals surface area contributed by atoms with E-state index in [-0.39, 0.29) is 12.2 Å². The third-order valence-electron chi connectivity index (χ3n) is 4.88. The summed E-state index contributed by atoms with van der Waals surface area (Å²) in [6.07, 6.45) is 0. The number of rotatable bonds is 5. The molecular weight excluding hydrogens is 482 g/mol. The topological polar surface area (TPSA) is 92.2 Å². The molecule has 34 heavy (non-hydrogen) atoms. The van der Waals surface area contributed by atoms with Gasteiger partial charge in [-0.15, -0.1) is 0 Å². The minimum absolute atomic E-state index is 0.0421. The zero-order valence-electron chi connectivity index (χ0n) is 17.4. The summed E-state index contributed by atoms with van der Waals surface area (Å²) in [5.41, 5.74) is 4.06. The molecule has 0 radical (unpaired) electrons. The van der Waals surface area contributed by atoms with Crippen molar-refractivity contribution in [3.63, 3.8) is 0 Å².